The van der Waals surface area contributed by atoms with Gasteiger partial charge in [-0.05, 0) is 56.6 Å². The monoisotopic (exact) mass is 289 g/mol. The second kappa shape index (κ2) is 8.99. The standard InChI is InChI=1S/C19H31NO/c1-4-12-19(21,13-5-2)14-11-18-8-6-7-17(15-18)10-9-16(3)20/h6-8,15,20-21H,4-5,9-14H2,1-3H3. The van der Waals surface area contributed by atoms with Crippen LogP contribution in [0.2, 0.25) is 0 Å². The number of hydrogen-bond donors (Lipinski definition) is 2. The minimum absolute atomic E-state index is 0.495. The quantitative estimate of drug-likeness (QED) is 0.590. The number of benzene rings is 1. The third-order valence-electron chi connectivity index (χ3n) is 4.09. The molecule has 0 aromatic heterocycles. The summed E-state index contributed by atoms with van der Waals surface area (Å²) in [5, 5.41) is 18.2. The van der Waals surface area contributed by atoms with Gasteiger partial charge in [-0.1, -0.05) is 51.0 Å². The lowest BCUT2D eigenvalue weighted by molar-refractivity contribution is 0.0132. The van der Waals surface area contributed by atoms with Crippen molar-refractivity contribution in [3.05, 3.63) is 35.4 Å². The SMILES string of the molecule is CCCC(O)(CCC)CCc1cccc(CCC(C)=N)c1. The van der Waals surface area contributed by atoms with Crippen molar-refractivity contribution in [3.8, 4) is 0 Å². The van der Waals surface area contributed by atoms with Crippen LogP contribution in [-0.4, -0.2) is 16.4 Å². The van der Waals surface area contributed by atoms with E-state index in [1.807, 2.05) is 6.92 Å². The molecule has 0 aliphatic rings. The van der Waals surface area contributed by atoms with Gasteiger partial charge in [-0.2, -0.15) is 0 Å². The van der Waals surface area contributed by atoms with E-state index in [-0.39, 0.29) is 0 Å². The maximum absolute atomic E-state index is 10.7. The van der Waals surface area contributed by atoms with E-state index < -0.39 is 5.60 Å². The lowest BCUT2D eigenvalue weighted by atomic mass is 9.86. The molecule has 0 amide bonds. The van der Waals surface area contributed by atoms with Crippen LogP contribution in [0.4, 0.5) is 0 Å². The average Bonchev–Trinajstić information content (AvgIpc) is 2.44. The Morgan fingerprint density at radius 1 is 1.05 bits per heavy atom. The van der Waals surface area contributed by atoms with Gasteiger partial charge in [-0.3, -0.25) is 0 Å². The third-order valence-corrected chi connectivity index (χ3v) is 4.09. The fourth-order valence-corrected chi connectivity index (χ4v) is 2.96. The van der Waals surface area contributed by atoms with Gasteiger partial charge in [-0.15, -0.1) is 0 Å². The van der Waals surface area contributed by atoms with Gasteiger partial charge < -0.3 is 10.5 Å². The summed E-state index contributed by atoms with van der Waals surface area (Å²) < 4.78 is 0. The molecule has 0 saturated carbocycles. The minimum atomic E-state index is -0.495. The molecule has 1 aromatic rings. The zero-order valence-corrected chi connectivity index (χ0v) is 13.9. The van der Waals surface area contributed by atoms with Crippen molar-refractivity contribution in [3.63, 3.8) is 0 Å². The van der Waals surface area contributed by atoms with Crippen LogP contribution in [0.3, 0.4) is 0 Å². The fourth-order valence-electron chi connectivity index (χ4n) is 2.96. The van der Waals surface area contributed by atoms with E-state index in [4.69, 9.17) is 5.41 Å². The van der Waals surface area contributed by atoms with E-state index in [0.29, 0.717) is 0 Å². The molecule has 0 spiro atoms. The topological polar surface area (TPSA) is 44.1 Å². The molecule has 118 valence electrons. The Bertz CT molecular complexity index is 433. The van der Waals surface area contributed by atoms with Crippen LogP contribution in [0, 0.1) is 5.41 Å². The predicted octanol–water partition coefficient (Wildman–Crippen LogP) is 4.92. The van der Waals surface area contributed by atoms with E-state index in [2.05, 4.69) is 38.1 Å². The van der Waals surface area contributed by atoms with E-state index >= 15 is 0 Å². The van der Waals surface area contributed by atoms with E-state index in [1.165, 1.54) is 11.1 Å². The summed E-state index contributed by atoms with van der Waals surface area (Å²) >= 11 is 0. The van der Waals surface area contributed by atoms with E-state index in [1.54, 1.807) is 0 Å². The van der Waals surface area contributed by atoms with Crippen molar-refractivity contribution in [2.24, 2.45) is 0 Å². The lowest BCUT2D eigenvalue weighted by Gasteiger charge is -2.27. The molecular formula is C19H31NO. The Labute approximate surface area is 130 Å². The molecule has 0 atom stereocenters. The minimum Gasteiger partial charge on any atom is -0.390 e. The van der Waals surface area contributed by atoms with Crippen LogP contribution >= 0.6 is 0 Å². The van der Waals surface area contributed by atoms with Crippen LogP contribution in [0.5, 0.6) is 0 Å². The Hall–Kier alpha value is -1.15. The first-order valence-electron chi connectivity index (χ1n) is 8.33. The van der Waals surface area contributed by atoms with Crippen LogP contribution in [-0.2, 0) is 12.8 Å². The molecule has 0 bridgehead atoms. The molecule has 1 aromatic carbocycles. The van der Waals surface area contributed by atoms with Gasteiger partial charge in [0.1, 0.15) is 0 Å². The summed E-state index contributed by atoms with van der Waals surface area (Å²) in [6, 6.07) is 8.62. The van der Waals surface area contributed by atoms with Gasteiger partial charge in [0, 0.05) is 5.71 Å². The molecule has 0 fully saturated rings. The molecule has 0 aliphatic heterocycles. The van der Waals surface area contributed by atoms with Crippen LogP contribution in [0.15, 0.2) is 24.3 Å². The molecule has 21 heavy (non-hydrogen) atoms. The second-order valence-corrected chi connectivity index (χ2v) is 6.32. The highest BCUT2D eigenvalue weighted by Crippen LogP contribution is 2.25. The van der Waals surface area contributed by atoms with Gasteiger partial charge in [0.25, 0.3) is 0 Å². The highest BCUT2D eigenvalue weighted by molar-refractivity contribution is 5.78. The van der Waals surface area contributed by atoms with Crippen molar-refractivity contribution in [2.75, 3.05) is 0 Å². The first-order valence-corrected chi connectivity index (χ1v) is 8.33. The predicted molar refractivity (Wildman–Crippen MR) is 91.3 cm³/mol. The van der Waals surface area contributed by atoms with Gasteiger partial charge in [0.05, 0.1) is 5.60 Å². The highest BCUT2D eigenvalue weighted by Gasteiger charge is 2.24. The molecule has 1 rings (SSSR count). The van der Waals surface area contributed by atoms with E-state index in [0.717, 1.165) is 57.1 Å². The maximum Gasteiger partial charge on any atom is 0.0650 e. The molecule has 0 heterocycles. The smallest absolute Gasteiger partial charge is 0.0650 e. The largest absolute Gasteiger partial charge is 0.390 e. The normalized spacial score (nSPS) is 11.6. The Kier molecular flexibility index (Phi) is 7.66. The number of rotatable bonds is 10. The number of aliphatic hydroxyl groups is 1. The summed E-state index contributed by atoms with van der Waals surface area (Å²) in [4.78, 5) is 0. The number of aryl methyl sites for hydroxylation is 2. The Balaban J connectivity index is 2.61. The first-order chi connectivity index (χ1) is 9.99. The van der Waals surface area contributed by atoms with Gasteiger partial charge in [-0.25, -0.2) is 0 Å². The zero-order valence-electron chi connectivity index (χ0n) is 13.9. The second-order valence-electron chi connectivity index (χ2n) is 6.32. The summed E-state index contributed by atoms with van der Waals surface area (Å²) in [6.07, 6.45) is 7.43. The molecule has 0 radical (unpaired) electrons. The molecule has 0 aliphatic carbocycles. The van der Waals surface area contributed by atoms with Gasteiger partial charge in [0.2, 0.25) is 0 Å². The molecule has 2 N–H and O–H groups in total. The van der Waals surface area contributed by atoms with Gasteiger partial charge in [0.15, 0.2) is 0 Å². The molecule has 0 saturated heterocycles. The van der Waals surface area contributed by atoms with Crippen molar-refractivity contribution in [1.29, 1.82) is 5.41 Å². The number of nitrogens with one attached hydrogen (secondary N) is 1. The Morgan fingerprint density at radius 2 is 1.62 bits per heavy atom. The zero-order chi connectivity index (χ0) is 15.7. The van der Waals surface area contributed by atoms with Crippen molar-refractivity contribution >= 4 is 5.71 Å². The fraction of sp³-hybridized carbons (Fsp3) is 0.632. The van der Waals surface area contributed by atoms with Crippen LogP contribution in [0.25, 0.3) is 0 Å². The molecule has 2 nitrogen and oxygen atoms in total. The summed E-state index contributed by atoms with van der Waals surface area (Å²) in [6.45, 7) is 6.14. The third kappa shape index (κ3) is 6.90. The summed E-state index contributed by atoms with van der Waals surface area (Å²) in [5.74, 6) is 0. The summed E-state index contributed by atoms with van der Waals surface area (Å²) in [5.41, 5.74) is 2.85. The van der Waals surface area contributed by atoms with Crippen molar-refractivity contribution in [1.82, 2.24) is 0 Å². The first kappa shape index (κ1) is 17.9. The van der Waals surface area contributed by atoms with Crippen LogP contribution < -0.4 is 0 Å². The average molecular weight is 289 g/mol. The number of hydrogen-bond acceptors (Lipinski definition) is 2. The Morgan fingerprint density at radius 3 is 2.14 bits per heavy atom. The van der Waals surface area contributed by atoms with Crippen molar-refractivity contribution in [2.45, 2.75) is 77.7 Å². The van der Waals surface area contributed by atoms with Gasteiger partial charge >= 0.3 is 0 Å². The summed E-state index contributed by atoms with van der Waals surface area (Å²) in [7, 11) is 0. The molecule has 2 heteroatoms. The van der Waals surface area contributed by atoms with Crippen LogP contribution in [0.1, 0.15) is 70.4 Å². The van der Waals surface area contributed by atoms with Crippen molar-refractivity contribution < 1.29 is 5.11 Å². The highest BCUT2D eigenvalue weighted by atomic mass is 16.3. The maximum atomic E-state index is 10.7. The van der Waals surface area contributed by atoms with E-state index in [9.17, 15) is 5.11 Å². The molecule has 0 unspecified atom stereocenters. The lowest BCUT2D eigenvalue weighted by Crippen LogP contribution is -2.28. The molecular weight excluding hydrogens is 258 g/mol.